The average molecular weight is 323 g/mol. The summed E-state index contributed by atoms with van der Waals surface area (Å²) >= 11 is 12.3. The lowest BCUT2D eigenvalue weighted by Gasteiger charge is -2.22. The number of benzene rings is 2. The smallest absolute Gasteiger partial charge is 0.0637 e. The van der Waals surface area contributed by atoms with Crippen molar-refractivity contribution < 1.29 is 5.11 Å². The molecule has 0 aliphatic rings. The van der Waals surface area contributed by atoms with E-state index in [-0.39, 0.29) is 6.61 Å². The van der Waals surface area contributed by atoms with Gasteiger partial charge in [0.05, 0.1) is 16.7 Å². The molecule has 0 aliphatic carbocycles. The molecule has 2 rings (SSSR count). The molecule has 0 amide bonds. The molecule has 0 saturated heterocycles. The number of halogens is 2. The Morgan fingerprint density at radius 2 is 1.71 bits per heavy atom. The first kappa shape index (κ1) is 16.3. The van der Waals surface area contributed by atoms with Crippen molar-refractivity contribution in [3.05, 3.63) is 76.1 Å². The lowest BCUT2D eigenvalue weighted by Crippen LogP contribution is -2.26. The highest BCUT2D eigenvalue weighted by atomic mass is 35.5. The minimum atomic E-state index is 0.103. The molecule has 0 bridgehead atoms. The first-order valence-electron chi connectivity index (χ1n) is 6.77. The van der Waals surface area contributed by atoms with E-state index in [1.165, 1.54) is 5.56 Å². The van der Waals surface area contributed by atoms with Gasteiger partial charge in [0, 0.05) is 19.6 Å². The Hall–Kier alpha value is -1.06. The Balaban J connectivity index is 2.11. The van der Waals surface area contributed by atoms with Crippen LogP contribution in [0, 0.1) is 6.92 Å². The van der Waals surface area contributed by atoms with Crippen molar-refractivity contribution in [2.75, 3.05) is 13.2 Å². The van der Waals surface area contributed by atoms with Gasteiger partial charge in [-0.2, -0.15) is 0 Å². The van der Waals surface area contributed by atoms with Crippen LogP contribution in [0.2, 0.25) is 10.0 Å². The van der Waals surface area contributed by atoms with Crippen LogP contribution in [0.4, 0.5) is 0 Å². The van der Waals surface area contributed by atoms with Crippen molar-refractivity contribution >= 4 is 23.2 Å². The van der Waals surface area contributed by atoms with Crippen LogP contribution in [-0.2, 0) is 13.1 Å². The first-order chi connectivity index (χ1) is 10.1. The Bertz CT molecular complexity index is 584. The average Bonchev–Trinajstić information content (AvgIpc) is 2.46. The molecular weight excluding hydrogens is 305 g/mol. The summed E-state index contributed by atoms with van der Waals surface area (Å²) in [5.41, 5.74) is 3.13. The number of aliphatic hydroxyl groups excluding tert-OH is 1. The van der Waals surface area contributed by atoms with Crippen molar-refractivity contribution in [3.8, 4) is 0 Å². The fourth-order valence-corrected chi connectivity index (χ4v) is 2.55. The monoisotopic (exact) mass is 322 g/mol. The molecule has 0 aliphatic heterocycles. The molecule has 0 spiro atoms. The van der Waals surface area contributed by atoms with E-state index in [4.69, 9.17) is 23.2 Å². The molecule has 1 radical (unpaired) electrons. The first-order valence-corrected chi connectivity index (χ1v) is 7.52. The molecule has 4 heteroatoms. The van der Waals surface area contributed by atoms with Gasteiger partial charge in [0.15, 0.2) is 0 Å². The van der Waals surface area contributed by atoms with E-state index in [1.807, 2.05) is 36.4 Å². The van der Waals surface area contributed by atoms with Gasteiger partial charge in [-0.3, -0.25) is 4.90 Å². The standard InChI is InChI=1S/C17H18Cl2NO/c1-13-5-7-14(8-6-13)11-20(9-10-21)12-15-3-2-4-16(18)17(15)19/h2-8,21H,1,9-12H2. The number of aliphatic hydroxyl groups is 1. The van der Waals surface area contributed by atoms with Gasteiger partial charge < -0.3 is 5.11 Å². The lowest BCUT2D eigenvalue weighted by atomic mass is 10.1. The molecular formula is C17H18Cl2NO. The quantitative estimate of drug-likeness (QED) is 0.862. The zero-order chi connectivity index (χ0) is 15.2. The van der Waals surface area contributed by atoms with E-state index >= 15 is 0 Å². The maximum absolute atomic E-state index is 9.25. The van der Waals surface area contributed by atoms with Crippen molar-refractivity contribution in [2.45, 2.75) is 13.1 Å². The normalized spacial score (nSPS) is 11.1. The van der Waals surface area contributed by atoms with Crippen molar-refractivity contribution in [3.63, 3.8) is 0 Å². The van der Waals surface area contributed by atoms with E-state index in [0.717, 1.165) is 17.7 Å². The van der Waals surface area contributed by atoms with Crippen LogP contribution in [0.25, 0.3) is 0 Å². The number of nitrogens with zero attached hydrogens (tertiary/aromatic N) is 1. The van der Waals surface area contributed by atoms with Gasteiger partial charge in [-0.15, -0.1) is 0 Å². The Kier molecular flexibility index (Phi) is 6.07. The van der Waals surface area contributed by atoms with Crippen molar-refractivity contribution in [1.82, 2.24) is 4.90 Å². The maximum Gasteiger partial charge on any atom is 0.0637 e. The Labute approximate surface area is 135 Å². The lowest BCUT2D eigenvalue weighted by molar-refractivity contribution is 0.184. The minimum absolute atomic E-state index is 0.103. The molecule has 21 heavy (non-hydrogen) atoms. The maximum atomic E-state index is 9.25. The van der Waals surface area contributed by atoms with Gasteiger partial charge in [-0.25, -0.2) is 0 Å². The van der Waals surface area contributed by atoms with Gasteiger partial charge in [-0.1, -0.05) is 59.6 Å². The van der Waals surface area contributed by atoms with Crippen LogP contribution in [0.15, 0.2) is 42.5 Å². The third-order valence-electron chi connectivity index (χ3n) is 3.27. The zero-order valence-corrected chi connectivity index (χ0v) is 13.2. The van der Waals surface area contributed by atoms with Crippen LogP contribution in [0.1, 0.15) is 16.7 Å². The van der Waals surface area contributed by atoms with Crippen LogP contribution in [-0.4, -0.2) is 23.2 Å². The summed E-state index contributed by atoms with van der Waals surface area (Å²) in [6.45, 7) is 5.95. The summed E-state index contributed by atoms with van der Waals surface area (Å²) in [5.74, 6) is 0. The van der Waals surface area contributed by atoms with Crippen molar-refractivity contribution in [2.24, 2.45) is 0 Å². The highest BCUT2D eigenvalue weighted by Gasteiger charge is 2.10. The molecule has 0 atom stereocenters. The number of rotatable bonds is 6. The van der Waals surface area contributed by atoms with Crippen LogP contribution in [0.5, 0.6) is 0 Å². The van der Waals surface area contributed by atoms with Gasteiger partial charge in [-0.05, 0) is 29.7 Å². The Morgan fingerprint density at radius 1 is 1.00 bits per heavy atom. The topological polar surface area (TPSA) is 23.5 Å². The SMILES string of the molecule is [CH2]c1ccc(CN(CCO)Cc2cccc(Cl)c2Cl)cc1. The molecule has 2 aromatic carbocycles. The van der Waals surface area contributed by atoms with Gasteiger partial charge in [0.2, 0.25) is 0 Å². The second-order valence-corrected chi connectivity index (χ2v) is 5.75. The molecule has 0 heterocycles. The number of hydrogen-bond acceptors (Lipinski definition) is 2. The highest BCUT2D eigenvalue weighted by Crippen LogP contribution is 2.26. The van der Waals surface area contributed by atoms with Gasteiger partial charge in [0.1, 0.15) is 0 Å². The van der Waals surface area contributed by atoms with Crippen LogP contribution < -0.4 is 0 Å². The summed E-state index contributed by atoms with van der Waals surface area (Å²) in [6.07, 6.45) is 0. The van der Waals surface area contributed by atoms with Crippen LogP contribution >= 0.6 is 23.2 Å². The molecule has 2 nitrogen and oxygen atoms in total. The molecule has 0 saturated carbocycles. The third-order valence-corrected chi connectivity index (χ3v) is 4.13. The summed E-state index contributed by atoms with van der Waals surface area (Å²) in [4.78, 5) is 2.13. The summed E-state index contributed by atoms with van der Waals surface area (Å²) < 4.78 is 0. The third kappa shape index (κ3) is 4.72. The Morgan fingerprint density at radius 3 is 2.38 bits per heavy atom. The predicted octanol–water partition coefficient (Wildman–Crippen LogP) is 4.17. The van der Waals surface area contributed by atoms with E-state index in [0.29, 0.717) is 23.1 Å². The summed E-state index contributed by atoms with van der Waals surface area (Å²) in [5, 5.41) is 10.4. The van der Waals surface area contributed by atoms with E-state index in [9.17, 15) is 5.11 Å². The molecule has 2 aromatic rings. The van der Waals surface area contributed by atoms with E-state index in [1.54, 1.807) is 6.07 Å². The van der Waals surface area contributed by atoms with E-state index < -0.39 is 0 Å². The molecule has 0 aromatic heterocycles. The van der Waals surface area contributed by atoms with Gasteiger partial charge in [0.25, 0.3) is 0 Å². The summed E-state index contributed by atoms with van der Waals surface area (Å²) in [6, 6.07) is 13.7. The van der Waals surface area contributed by atoms with Gasteiger partial charge >= 0.3 is 0 Å². The molecule has 0 fully saturated rings. The van der Waals surface area contributed by atoms with Crippen molar-refractivity contribution in [1.29, 1.82) is 0 Å². The molecule has 0 unspecified atom stereocenters. The fraction of sp³-hybridized carbons (Fsp3) is 0.235. The molecule has 111 valence electrons. The molecule has 1 N–H and O–H groups in total. The largest absolute Gasteiger partial charge is 0.395 e. The predicted molar refractivity (Wildman–Crippen MR) is 88.6 cm³/mol. The number of hydrogen-bond donors (Lipinski definition) is 1. The second-order valence-electron chi connectivity index (χ2n) is 4.96. The van der Waals surface area contributed by atoms with Crippen LogP contribution in [0.3, 0.4) is 0 Å². The minimum Gasteiger partial charge on any atom is -0.395 e. The second kappa shape index (κ2) is 7.81. The summed E-state index contributed by atoms with van der Waals surface area (Å²) in [7, 11) is 0. The zero-order valence-electron chi connectivity index (χ0n) is 11.7. The fourth-order valence-electron chi connectivity index (χ4n) is 2.17. The van der Waals surface area contributed by atoms with E-state index in [2.05, 4.69) is 11.8 Å². The highest BCUT2D eigenvalue weighted by molar-refractivity contribution is 6.42.